The second kappa shape index (κ2) is 6.79. The molecule has 0 bridgehead atoms. The molecule has 0 aliphatic carbocycles. The number of rotatable bonds is 6. The van der Waals surface area contributed by atoms with Crippen LogP contribution in [0, 0.1) is 0 Å². The number of likely N-dealkylation sites (N-methyl/N-ethyl adjacent to an activating group) is 2. The van der Waals surface area contributed by atoms with Crippen molar-refractivity contribution in [2.24, 2.45) is 5.73 Å². The van der Waals surface area contributed by atoms with Gasteiger partial charge in [-0.15, -0.1) is 0 Å². The van der Waals surface area contributed by atoms with Crippen LogP contribution < -0.4 is 5.73 Å². The van der Waals surface area contributed by atoms with E-state index in [1.165, 1.54) is 0 Å². The summed E-state index contributed by atoms with van der Waals surface area (Å²) in [6, 6.07) is 0.123. The molecule has 0 aliphatic rings. The zero-order chi connectivity index (χ0) is 11.1. The molecule has 1 amide bonds. The van der Waals surface area contributed by atoms with Gasteiger partial charge in [-0.05, 0) is 20.0 Å². The maximum Gasteiger partial charge on any atom is 0.236 e. The first-order valence-electron chi connectivity index (χ1n) is 5.24. The van der Waals surface area contributed by atoms with Gasteiger partial charge in [-0.2, -0.15) is 0 Å². The Balaban J connectivity index is 4.06. The summed E-state index contributed by atoms with van der Waals surface area (Å²) in [6.07, 6.45) is 0. The predicted octanol–water partition coefficient (Wildman–Crippen LogP) is 0.134. The largest absolute Gasteiger partial charge is 0.341 e. The highest BCUT2D eigenvalue weighted by Gasteiger charge is 2.15. The second-order valence-corrected chi connectivity index (χ2v) is 3.55. The van der Waals surface area contributed by atoms with Gasteiger partial charge in [0.05, 0.1) is 6.54 Å². The Kier molecular flexibility index (Phi) is 6.49. The lowest BCUT2D eigenvalue weighted by Crippen LogP contribution is -2.44. The molecule has 1 unspecified atom stereocenters. The van der Waals surface area contributed by atoms with Crippen molar-refractivity contribution < 1.29 is 4.79 Å². The Labute approximate surface area is 87.0 Å². The average molecular weight is 201 g/mol. The van der Waals surface area contributed by atoms with Gasteiger partial charge < -0.3 is 10.6 Å². The first-order chi connectivity index (χ1) is 6.56. The Hall–Kier alpha value is -0.610. The lowest BCUT2D eigenvalue weighted by Gasteiger charge is -2.26. The fourth-order valence-corrected chi connectivity index (χ4v) is 1.15. The van der Waals surface area contributed by atoms with E-state index in [-0.39, 0.29) is 11.9 Å². The molecule has 0 spiro atoms. The number of nitrogens with zero attached hydrogens (tertiary/aromatic N) is 2. The minimum Gasteiger partial charge on any atom is -0.341 e. The number of hydrogen-bond donors (Lipinski definition) is 1. The molecule has 0 saturated heterocycles. The molecule has 0 rings (SSSR count). The standard InChI is InChI=1S/C10H23N3O/c1-5-13(6-2)8-10(14)12(4)9(3)7-11/h9H,5-8,11H2,1-4H3. The number of hydrogen-bond acceptors (Lipinski definition) is 3. The van der Waals surface area contributed by atoms with Crippen LogP contribution in [-0.4, -0.2) is 55.0 Å². The van der Waals surface area contributed by atoms with E-state index >= 15 is 0 Å². The molecule has 2 N–H and O–H groups in total. The van der Waals surface area contributed by atoms with Crippen molar-refractivity contribution in [3.05, 3.63) is 0 Å². The summed E-state index contributed by atoms with van der Waals surface area (Å²) in [6.45, 7) is 8.90. The average Bonchev–Trinajstić information content (AvgIpc) is 2.23. The normalized spacial score (nSPS) is 13.0. The number of nitrogens with two attached hydrogens (primary N) is 1. The van der Waals surface area contributed by atoms with E-state index in [0.29, 0.717) is 13.1 Å². The Morgan fingerprint density at radius 2 is 1.86 bits per heavy atom. The maximum atomic E-state index is 11.7. The molecule has 0 aromatic carbocycles. The summed E-state index contributed by atoms with van der Waals surface area (Å²) in [5.41, 5.74) is 5.50. The third-order valence-corrected chi connectivity index (χ3v) is 2.65. The van der Waals surface area contributed by atoms with Crippen molar-refractivity contribution in [2.45, 2.75) is 26.8 Å². The van der Waals surface area contributed by atoms with Crippen LogP contribution in [0.3, 0.4) is 0 Å². The third kappa shape index (κ3) is 4.07. The molecule has 14 heavy (non-hydrogen) atoms. The van der Waals surface area contributed by atoms with Crippen LogP contribution in [0.5, 0.6) is 0 Å². The van der Waals surface area contributed by atoms with Gasteiger partial charge in [-0.1, -0.05) is 13.8 Å². The van der Waals surface area contributed by atoms with Gasteiger partial charge in [0.2, 0.25) is 5.91 Å². The van der Waals surface area contributed by atoms with Crippen molar-refractivity contribution in [1.29, 1.82) is 0 Å². The van der Waals surface area contributed by atoms with Crippen LogP contribution in [0.4, 0.5) is 0 Å². The zero-order valence-corrected chi connectivity index (χ0v) is 9.79. The Morgan fingerprint density at radius 3 is 2.21 bits per heavy atom. The van der Waals surface area contributed by atoms with Crippen LogP contribution in [0.2, 0.25) is 0 Å². The van der Waals surface area contributed by atoms with Gasteiger partial charge in [-0.3, -0.25) is 9.69 Å². The topological polar surface area (TPSA) is 49.6 Å². The lowest BCUT2D eigenvalue weighted by atomic mass is 10.3. The minimum atomic E-state index is 0.123. The summed E-state index contributed by atoms with van der Waals surface area (Å²) in [5.74, 6) is 0.145. The molecule has 0 aromatic rings. The van der Waals surface area contributed by atoms with Gasteiger partial charge in [-0.25, -0.2) is 0 Å². The molecule has 0 heterocycles. The van der Waals surface area contributed by atoms with Gasteiger partial charge in [0.25, 0.3) is 0 Å². The highest BCUT2D eigenvalue weighted by molar-refractivity contribution is 5.78. The van der Waals surface area contributed by atoms with E-state index in [0.717, 1.165) is 13.1 Å². The van der Waals surface area contributed by atoms with Crippen molar-refractivity contribution >= 4 is 5.91 Å². The summed E-state index contributed by atoms with van der Waals surface area (Å²) in [4.78, 5) is 15.5. The van der Waals surface area contributed by atoms with Gasteiger partial charge >= 0.3 is 0 Å². The molecule has 0 fully saturated rings. The monoisotopic (exact) mass is 201 g/mol. The quantitative estimate of drug-likeness (QED) is 0.665. The van der Waals surface area contributed by atoms with Gasteiger partial charge in [0, 0.05) is 19.6 Å². The van der Waals surface area contributed by atoms with E-state index in [9.17, 15) is 4.79 Å². The smallest absolute Gasteiger partial charge is 0.236 e. The summed E-state index contributed by atoms with van der Waals surface area (Å²) < 4.78 is 0. The SMILES string of the molecule is CCN(CC)CC(=O)N(C)C(C)CN. The van der Waals surface area contributed by atoms with Crippen molar-refractivity contribution in [3.63, 3.8) is 0 Å². The van der Waals surface area contributed by atoms with Crippen LogP contribution in [-0.2, 0) is 4.79 Å². The van der Waals surface area contributed by atoms with E-state index < -0.39 is 0 Å². The van der Waals surface area contributed by atoms with Crippen molar-refractivity contribution in [2.75, 3.05) is 33.2 Å². The van der Waals surface area contributed by atoms with Gasteiger partial charge in [0.15, 0.2) is 0 Å². The van der Waals surface area contributed by atoms with Crippen LogP contribution in [0.25, 0.3) is 0 Å². The highest BCUT2D eigenvalue weighted by atomic mass is 16.2. The predicted molar refractivity (Wildman–Crippen MR) is 59.1 cm³/mol. The molecular formula is C10H23N3O. The maximum absolute atomic E-state index is 11.7. The Bertz CT molecular complexity index is 169. The first kappa shape index (κ1) is 13.4. The van der Waals surface area contributed by atoms with Crippen molar-refractivity contribution in [3.8, 4) is 0 Å². The van der Waals surface area contributed by atoms with E-state index in [4.69, 9.17) is 5.73 Å². The number of carbonyl (C=O) groups excluding carboxylic acids is 1. The lowest BCUT2D eigenvalue weighted by molar-refractivity contribution is -0.132. The molecule has 4 heteroatoms. The van der Waals surface area contributed by atoms with Crippen LogP contribution >= 0.6 is 0 Å². The fourth-order valence-electron chi connectivity index (χ4n) is 1.15. The van der Waals surface area contributed by atoms with E-state index in [1.807, 2.05) is 14.0 Å². The molecule has 0 saturated carbocycles. The minimum absolute atomic E-state index is 0.123. The molecular weight excluding hydrogens is 178 g/mol. The van der Waals surface area contributed by atoms with E-state index in [1.54, 1.807) is 4.90 Å². The zero-order valence-electron chi connectivity index (χ0n) is 9.79. The number of carbonyl (C=O) groups is 1. The van der Waals surface area contributed by atoms with Crippen LogP contribution in [0.1, 0.15) is 20.8 Å². The number of amides is 1. The van der Waals surface area contributed by atoms with Crippen molar-refractivity contribution in [1.82, 2.24) is 9.80 Å². The molecule has 4 nitrogen and oxygen atoms in total. The molecule has 0 aromatic heterocycles. The first-order valence-corrected chi connectivity index (χ1v) is 5.24. The van der Waals surface area contributed by atoms with Gasteiger partial charge in [0.1, 0.15) is 0 Å². The third-order valence-electron chi connectivity index (χ3n) is 2.65. The molecule has 0 aliphatic heterocycles. The summed E-state index contributed by atoms with van der Waals surface area (Å²) >= 11 is 0. The van der Waals surface area contributed by atoms with E-state index in [2.05, 4.69) is 18.7 Å². The summed E-state index contributed by atoms with van der Waals surface area (Å²) in [5, 5.41) is 0. The Morgan fingerprint density at radius 1 is 1.36 bits per heavy atom. The molecule has 0 radical (unpaired) electrons. The van der Waals surface area contributed by atoms with Crippen LogP contribution in [0.15, 0.2) is 0 Å². The fraction of sp³-hybridized carbons (Fsp3) is 0.900. The second-order valence-electron chi connectivity index (χ2n) is 3.55. The highest BCUT2D eigenvalue weighted by Crippen LogP contribution is 1.96. The molecule has 1 atom stereocenters. The summed E-state index contributed by atoms with van der Waals surface area (Å²) in [7, 11) is 1.81. The molecule has 84 valence electrons.